The number of anilines is 1. The van der Waals surface area contributed by atoms with Gasteiger partial charge in [-0.15, -0.1) is 35.8 Å². The van der Waals surface area contributed by atoms with Gasteiger partial charge in [0.15, 0.2) is 0 Å². The first kappa shape index (κ1) is 23.3. The molecule has 180 valence electrons. The van der Waals surface area contributed by atoms with Crippen LogP contribution in [0.4, 0.5) is 5.69 Å². The van der Waals surface area contributed by atoms with Crippen molar-refractivity contribution < 1.29 is 30.5 Å². The van der Waals surface area contributed by atoms with E-state index in [9.17, 15) is 0 Å². The second-order valence-electron chi connectivity index (χ2n) is 8.61. The minimum Gasteiger partial charge on any atom is -0.537 e. The summed E-state index contributed by atoms with van der Waals surface area (Å²) in [7, 11) is 1.75. The number of hydrogen-bond acceptors (Lipinski definition) is 5. The molecule has 3 aromatic carbocycles. The van der Waals surface area contributed by atoms with E-state index in [0.717, 1.165) is 44.7 Å². The molecule has 0 amide bonds. The Hall–Kier alpha value is -4.09. The molecule has 0 spiro atoms. The topological polar surface area (TPSA) is 52.4 Å². The fraction of sp³-hybridized carbons (Fsp3) is 0.0345. The van der Waals surface area contributed by atoms with Gasteiger partial charge in [0, 0.05) is 34.7 Å². The standard InChI is InChI=1S/C29H19BN4O2.Pt/c1-33-26-14-2-3-15-27(26)36-30(33)20-8-4-10-22(18-20)35-23-11-5-9-21(19-23)34-28-24(12-6-16-31-28)25-13-7-17-32-29(25)34;/h2-17H,1H3;/q-2;+2. The van der Waals surface area contributed by atoms with Crippen molar-refractivity contribution in [3.05, 3.63) is 109 Å². The quantitative estimate of drug-likeness (QED) is 0.193. The summed E-state index contributed by atoms with van der Waals surface area (Å²) in [4.78, 5) is 11.3. The molecule has 0 saturated carbocycles. The Morgan fingerprint density at radius 3 is 2.16 bits per heavy atom. The molecule has 6 aromatic rings. The molecule has 3 aromatic heterocycles. The molecule has 4 heterocycles. The van der Waals surface area contributed by atoms with Gasteiger partial charge in [0.2, 0.25) is 0 Å². The zero-order valence-corrected chi connectivity index (χ0v) is 22.0. The zero-order valence-electron chi connectivity index (χ0n) is 19.7. The molecule has 0 radical (unpaired) electrons. The number of ether oxygens (including phenoxy) is 1. The summed E-state index contributed by atoms with van der Waals surface area (Å²) in [6, 6.07) is 34.4. The zero-order chi connectivity index (χ0) is 24.1. The van der Waals surface area contributed by atoms with Crippen molar-refractivity contribution in [2.75, 3.05) is 11.9 Å². The Morgan fingerprint density at radius 2 is 1.43 bits per heavy atom. The van der Waals surface area contributed by atoms with Crippen LogP contribution >= 0.6 is 0 Å². The maximum Gasteiger partial charge on any atom is 2.00 e. The molecule has 8 heteroatoms. The van der Waals surface area contributed by atoms with Crippen LogP contribution in [0.3, 0.4) is 0 Å². The second-order valence-corrected chi connectivity index (χ2v) is 8.61. The Morgan fingerprint density at radius 1 is 0.757 bits per heavy atom. The van der Waals surface area contributed by atoms with Gasteiger partial charge in [-0.2, -0.15) is 18.2 Å². The third kappa shape index (κ3) is 3.96. The maximum absolute atomic E-state index is 6.21. The van der Waals surface area contributed by atoms with E-state index in [0.29, 0.717) is 11.5 Å². The van der Waals surface area contributed by atoms with Gasteiger partial charge < -0.3 is 18.8 Å². The van der Waals surface area contributed by atoms with Gasteiger partial charge in [0.25, 0.3) is 0 Å². The van der Waals surface area contributed by atoms with E-state index in [1.54, 1.807) is 12.4 Å². The Balaban J connectivity index is 0.00000252. The number of aromatic nitrogens is 3. The van der Waals surface area contributed by atoms with Crippen LogP contribution in [0.2, 0.25) is 0 Å². The second kappa shape index (κ2) is 9.42. The van der Waals surface area contributed by atoms with Crippen LogP contribution in [0.1, 0.15) is 0 Å². The van der Waals surface area contributed by atoms with Crippen LogP contribution in [-0.4, -0.2) is 28.6 Å². The van der Waals surface area contributed by atoms with E-state index in [4.69, 9.17) is 9.39 Å². The number of benzene rings is 3. The molecule has 0 bridgehead atoms. The van der Waals surface area contributed by atoms with Crippen LogP contribution in [0.15, 0.2) is 97.3 Å². The third-order valence-corrected chi connectivity index (χ3v) is 6.39. The molecule has 6 nitrogen and oxygen atoms in total. The summed E-state index contributed by atoms with van der Waals surface area (Å²) in [5.74, 6) is 2.03. The number of fused-ring (bicyclic) bond motifs is 4. The average Bonchev–Trinajstić information content (AvgIpc) is 3.44. The largest absolute Gasteiger partial charge is 2.00 e. The van der Waals surface area contributed by atoms with Gasteiger partial charge in [-0.1, -0.05) is 17.8 Å². The number of para-hydroxylation sites is 2. The molecule has 0 unspecified atom stereocenters. The van der Waals surface area contributed by atoms with E-state index in [2.05, 4.69) is 45.1 Å². The molecule has 37 heavy (non-hydrogen) atoms. The number of nitrogens with zero attached hydrogens (tertiary/aromatic N) is 4. The van der Waals surface area contributed by atoms with Crippen molar-refractivity contribution in [3.8, 4) is 22.9 Å². The minimum absolute atomic E-state index is 0. The van der Waals surface area contributed by atoms with Crippen molar-refractivity contribution >= 4 is 40.3 Å². The molecule has 0 N–H and O–H groups in total. The molecular weight excluding hydrogens is 642 g/mol. The van der Waals surface area contributed by atoms with Crippen molar-refractivity contribution in [1.29, 1.82) is 0 Å². The fourth-order valence-electron chi connectivity index (χ4n) is 4.76. The molecule has 0 atom stereocenters. The van der Waals surface area contributed by atoms with Crippen LogP contribution in [0.5, 0.6) is 17.2 Å². The fourth-order valence-corrected chi connectivity index (χ4v) is 4.76. The molecule has 0 fully saturated rings. The van der Waals surface area contributed by atoms with Crippen LogP contribution in [0, 0.1) is 12.1 Å². The summed E-state index contributed by atoms with van der Waals surface area (Å²) < 4.78 is 14.4. The van der Waals surface area contributed by atoms with E-state index < -0.39 is 0 Å². The van der Waals surface area contributed by atoms with E-state index in [1.807, 2.05) is 78.3 Å². The van der Waals surface area contributed by atoms with Crippen molar-refractivity contribution in [3.63, 3.8) is 0 Å². The van der Waals surface area contributed by atoms with Gasteiger partial charge in [-0.05, 0) is 43.4 Å². The molecule has 0 aliphatic carbocycles. The molecule has 7 rings (SSSR count). The first-order valence-corrected chi connectivity index (χ1v) is 11.7. The van der Waals surface area contributed by atoms with Crippen molar-refractivity contribution in [1.82, 2.24) is 14.5 Å². The van der Waals surface area contributed by atoms with Gasteiger partial charge in [0.1, 0.15) is 17.0 Å². The van der Waals surface area contributed by atoms with E-state index >= 15 is 0 Å². The molecule has 1 aliphatic heterocycles. The van der Waals surface area contributed by atoms with E-state index in [1.165, 1.54) is 0 Å². The summed E-state index contributed by atoms with van der Waals surface area (Å²) in [6.45, 7) is 0. The first-order chi connectivity index (χ1) is 17.8. The van der Waals surface area contributed by atoms with Crippen LogP contribution in [-0.2, 0) is 21.1 Å². The predicted octanol–water partition coefficient (Wildman–Crippen LogP) is 5.19. The Kier molecular flexibility index (Phi) is 5.93. The van der Waals surface area contributed by atoms with Gasteiger partial charge in [-0.25, -0.2) is 9.97 Å². The first-order valence-electron chi connectivity index (χ1n) is 11.7. The summed E-state index contributed by atoms with van der Waals surface area (Å²) in [6.07, 6.45) is 3.58. The summed E-state index contributed by atoms with van der Waals surface area (Å²) >= 11 is 0. The third-order valence-electron chi connectivity index (χ3n) is 6.39. The van der Waals surface area contributed by atoms with Gasteiger partial charge >= 0.3 is 28.1 Å². The van der Waals surface area contributed by atoms with Gasteiger partial charge in [-0.3, -0.25) is 0 Å². The van der Waals surface area contributed by atoms with Crippen LogP contribution < -0.4 is 19.7 Å². The van der Waals surface area contributed by atoms with E-state index in [-0.39, 0.29) is 28.1 Å². The SMILES string of the molecule is CN1B(c2[c-]c(Oc3[c-]c(-n4c5ncccc5c5cccnc54)ccc3)ccc2)Oc2ccccc21.[Pt+2]. The molecule has 0 saturated heterocycles. The summed E-state index contributed by atoms with van der Waals surface area (Å²) in [5.41, 5.74) is 4.40. The predicted molar refractivity (Wildman–Crippen MR) is 141 cm³/mol. The molecular formula is C29H19BN4O2Pt. The number of rotatable bonds is 4. The Labute approximate surface area is 228 Å². The number of hydrogen-bond donors (Lipinski definition) is 0. The maximum atomic E-state index is 6.21. The van der Waals surface area contributed by atoms with Crippen molar-refractivity contribution in [2.24, 2.45) is 0 Å². The van der Waals surface area contributed by atoms with Gasteiger partial charge in [0.05, 0.1) is 5.69 Å². The summed E-state index contributed by atoms with van der Waals surface area (Å²) in [5, 5.41) is 2.09. The van der Waals surface area contributed by atoms with Crippen LogP contribution in [0.25, 0.3) is 27.8 Å². The minimum atomic E-state index is -0.268. The molecule has 1 aliphatic rings. The average molecular weight is 661 g/mol. The van der Waals surface area contributed by atoms with Crippen molar-refractivity contribution in [2.45, 2.75) is 0 Å². The smallest absolute Gasteiger partial charge is 0.537 e. The monoisotopic (exact) mass is 661 g/mol. The normalized spacial score (nSPS) is 12.4. The Bertz CT molecular complexity index is 1700. The number of pyridine rings is 2.